The molecule has 2 aromatic carbocycles. The van der Waals surface area contributed by atoms with E-state index in [4.69, 9.17) is 9.47 Å². The van der Waals surface area contributed by atoms with Gasteiger partial charge in [0.15, 0.2) is 11.5 Å². The van der Waals surface area contributed by atoms with Crippen LogP contribution in [-0.4, -0.2) is 48.2 Å². The molecule has 0 bridgehead atoms. The van der Waals surface area contributed by atoms with Crippen molar-refractivity contribution >= 4 is 15.7 Å². The molecule has 3 rings (SSSR count). The fourth-order valence-corrected chi connectivity index (χ4v) is 4.71. The molecule has 0 aliphatic rings. The third-order valence-corrected chi connectivity index (χ3v) is 6.72. The molecule has 11 heteroatoms. The summed E-state index contributed by atoms with van der Waals surface area (Å²) in [4.78, 5) is 10.4. The SMILES string of the molecule is COc1ccc(CCN(Cc2cnn(C)c2)S(=O)(=O)c2cccc([N+](=O)[O-])c2)cc1OC. The van der Waals surface area contributed by atoms with Crippen molar-refractivity contribution in [3.8, 4) is 11.5 Å². The Kier molecular flexibility index (Phi) is 7.11. The van der Waals surface area contributed by atoms with Gasteiger partial charge in [0, 0.05) is 44.0 Å². The first-order valence-electron chi connectivity index (χ1n) is 9.67. The third kappa shape index (κ3) is 5.24. The molecule has 0 aliphatic heterocycles. The molecule has 32 heavy (non-hydrogen) atoms. The minimum absolute atomic E-state index is 0.0756. The van der Waals surface area contributed by atoms with Crippen LogP contribution in [0.3, 0.4) is 0 Å². The first-order valence-corrected chi connectivity index (χ1v) is 11.1. The maximum absolute atomic E-state index is 13.4. The summed E-state index contributed by atoms with van der Waals surface area (Å²) in [6, 6.07) is 10.4. The lowest BCUT2D eigenvalue weighted by Crippen LogP contribution is -2.32. The molecule has 0 radical (unpaired) electrons. The summed E-state index contributed by atoms with van der Waals surface area (Å²) in [5.41, 5.74) is 1.27. The van der Waals surface area contributed by atoms with Crippen LogP contribution in [-0.2, 0) is 30.0 Å². The van der Waals surface area contributed by atoms with Gasteiger partial charge in [-0.05, 0) is 30.2 Å². The topological polar surface area (TPSA) is 117 Å². The molecule has 0 unspecified atom stereocenters. The fourth-order valence-electron chi connectivity index (χ4n) is 3.24. The first kappa shape index (κ1) is 23.2. The predicted molar refractivity (Wildman–Crippen MR) is 117 cm³/mol. The molecule has 0 aliphatic carbocycles. The molecular formula is C21H24N4O6S. The van der Waals surface area contributed by atoms with Gasteiger partial charge >= 0.3 is 0 Å². The molecule has 1 heterocycles. The van der Waals surface area contributed by atoms with Crippen molar-refractivity contribution in [1.82, 2.24) is 14.1 Å². The van der Waals surface area contributed by atoms with Gasteiger partial charge in [0.1, 0.15) is 0 Å². The van der Waals surface area contributed by atoms with Crippen LogP contribution in [0.4, 0.5) is 5.69 Å². The molecule has 10 nitrogen and oxygen atoms in total. The highest BCUT2D eigenvalue weighted by Gasteiger charge is 2.26. The summed E-state index contributed by atoms with van der Waals surface area (Å²) in [5.74, 6) is 1.12. The molecule has 3 aromatic rings. The summed E-state index contributed by atoms with van der Waals surface area (Å²) in [6.45, 7) is 0.224. The quantitative estimate of drug-likeness (QED) is 0.337. The van der Waals surface area contributed by atoms with E-state index < -0.39 is 14.9 Å². The number of ether oxygens (including phenoxy) is 2. The summed E-state index contributed by atoms with van der Waals surface area (Å²) >= 11 is 0. The lowest BCUT2D eigenvalue weighted by Gasteiger charge is -2.22. The zero-order valence-corrected chi connectivity index (χ0v) is 18.8. The number of sulfonamides is 1. The molecule has 0 saturated heterocycles. The number of aromatic nitrogens is 2. The van der Waals surface area contributed by atoms with Gasteiger partial charge in [0.25, 0.3) is 5.69 Å². The van der Waals surface area contributed by atoms with E-state index in [2.05, 4.69) is 5.10 Å². The largest absolute Gasteiger partial charge is 0.493 e. The highest BCUT2D eigenvalue weighted by molar-refractivity contribution is 7.89. The van der Waals surface area contributed by atoms with Crippen molar-refractivity contribution in [2.24, 2.45) is 7.05 Å². The number of aryl methyl sites for hydroxylation is 1. The highest BCUT2D eigenvalue weighted by Crippen LogP contribution is 2.28. The number of non-ortho nitro benzene ring substituents is 1. The Balaban J connectivity index is 1.91. The van der Waals surface area contributed by atoms with Crippen LogP contribution in [0, 0.1) is 10.1 Å². The van der Waals surface area contributed by atoms with Crippen molar-refractivity contribution in [2.75, 3.05) is 20.8 Å². The predicted octanol–water partition coefficient (Wildman–Crippen LogP) is 2.78. The molecule has 0 N–H and O–H groups in total. The van der Waals surface area contributed by atoms with Gasteiger partial charge in [-0.1, -0.05) is 12.1 Å². The Bertz CT molecular complexity index is 1210. The van der Waals surface area contributed by atoms with Crippen LogP contribution in [0.2, 0.25) is 0 Å². The summed E-state index contributed by atoms with van der Waals surface area (Å²) < 4.78 is 40.2. The van der Waals surface area contributed by atoms with E-state index in [0.29, 0.717) is 23.5 Å². The fraction of sp³-hybridized carbons (Fsp3) is 0.286. The van der Waals surface area contributed by atoms with Crippen LogP contribution in [0.25, 0.3) is 0 Å². The zero-order valence-electron chi connectivity index (χ0n) is 18.0. The van der Waals surface area contributed by atoms with Crippen LogP contribution in [0.15, 0.2) is 59.8 Å². The van der Waals surface area contributed by atoms with Gasteiger partial charge in [-0.15, -0.1) is 0 Å². The first-order chi connectivity index (χ1) is 15.2. The van der Waals surface area contributed by atoms with E-state index >= 15 is 0 Å². The van der Waals surface area contributed by atoms with Gasteiger partial charge in [-0.2, -0.15) is 9.40 Å². The van der Waals surface area contributed by atoms with Gasteiger partial charge in [-0.25, -0.2) is 8.42 Å². The second-order valence-electron chi connectivity index (χ2n) is 7.05. The van der Waals surface area contributed by atoms with Crippen LogP contribution >= 0.6 is 0 Å². The third-order valence-electron chi connectivity index (χ3n) is 4.88. The van der Waals surface area contributed by atoms with Crippen LogP contribution in [0.5, 0.6) is 11.5 Å². The van der Waals surface area contributed by atoms with Crippen molar-refractivity contribution in [3.05, 3.63) is 76.1 Å². The van der Waals surface area contributed by atoms with Gasteiger partial charge in [-0.3, -0.25) is 14.8 Å². The molecule has 0 atom stereocenters. The van der Waals surface area contributed by atoms with E-state index in [1.54, 1.807) is 43.4 Å². The number of nitrogens with zero attached hydrogens (tertiary/aromatic N) is 4. The normalized spacial score (nSPS) is 11.5. The van der Waals surface area contributed by atoms with Crippen LogP contribution in [0.1, 0.15) is 11.1 Å². The molecule has 0 saturated carbocycles. The van der Waals surface area contributed by atoms with E-state index in [1.807, 2.05) is 6.07 Å². The van der Waals surface area contributed by atoms with Crippen molar-refractivity contribution in [1.29, 1.82) is 0 Å². The number of benzene rings is 2. The summed E-state index contributed by atoms with van der Waals surface area (Å²) in [7, 11) is 0.805. The molecule has 0 fully saturated rings. The zero-order chi connectivity index (χ0) is 23.3. The molecule has 1 aromatic heterocycles. The second kappa shape index (κ2) is 9.79. The van der Waals surface area contributed by atoms with E-state index in [1.165, 1.54) is 29.6 Å². The van der Waals surface area contributed by atoms with Gasteiger partial charge in [0.05, 0.1) is 30.2 Å². The standard InChI is InChI=1S/C21H24N4O6S/c1-23-14-17(13-22-23)15-24(10-9-16-7-8-20(30-2)21(11-16)31-3)32(28,29)19-6-4-5-18(12-19)25(26)27/h4-8,11-14H,9-10,15H2,1-3H3. The average Bonchev–Trinajstić information content (AvgIpc) is 3.20. The Morgan fingerprint density at radius 2 is 1.84 bits per heavy atom. The van der Waals surface area contributed by atoms with Crippen LogP contribution < -0.4 is 9.47 Å². The average molecular weight is 461 g/mol. The van der Waals surface area contributed by atoms with Crippen molar-refractivity contribution < 1.29 is 22.8 Å². The minimum Gasteiger partial charge on any atom is -0.493 e. The smallest absolute Gasteiger partial charge is 0.270 e. The van der Waals surface area contributed by atoms with Gasteiger partial charge < -0.3 is 9.47 Å². The van der Waals surface area contributed by atoms with Crippen molar-refractivity contribution in [2.45, 2.75) is 17.9 Å². The number of rotatable bonds is 10. The Labute approximate surface area is 186 Å². The van der Waals surface area contributed by atoms with E-state index in [-0.39, 0.29) is 23.7 Å². The monoisotopic (exact) mass is 460 g/mol. The maximum atomic E-state index is 13.4. The number of nitro groups is 1. The number of methoxy groups -OCH3 is 2. The number of nitro benzene ring substituents is 1. The maximum Gasteiger partial charge on any atom is 0.270 e. The second-order valence-corrected chi connectivity index (χ2v) is 8.99. The molecular weight excluding hydrogens is 436 g/mol. The van der Waals surface area contributed by atoms with Crippen molar-refractivity contribution in [3.63, 3.8) is 0 Å². The number of hydrogen-bond donors (Lipinski definition) is 0. The Morgan fingerprint density at radius 3 is 2.47 bits per heavy atom. The lowest BCUT2D eigenvalue weighted by molar-refractivity contribution is -0.385. The Hall–Kier alpha value is -3.44. The van der Waals surface area contributed by atoms with E-state index in [0.717, 1.165) is 11.6 Å². The van der Waals surface area contributed by atoms with E-state index in [9.17, 15) is 18.5 Å². The van der Waals surface area contributed by atoms with Gasteiger partial charge in [0.2, 0.25) is 10.0 Å². The minimum atomic E-state index is -4.01. The summed E-state index contributed by atoms with van der Waals surface area (Å²) in [5, 5.41) is 15.2. The summed E-state index contributed by atoms with van der Waals surface area (Å²) in [6.07, 6.45) is 3.72. The Morgan fingerprint density at radius 1 is 1.09 bits per heavy atom. The number of hydrogen-bond acceptors (Lipinski definition) is 7. The lowest BCUT2D eigenvalue weighted by atomic mass is 10.1. The molecule has 170 valence electrons. The highest BCUT2D eigenvalue weighted by atomic mass is 32.2. The molecule has 0 spiro atoms. The molecule has 0 amide bonds.